The third-order valence-corrected chi connectivity index (χ3v) is 3.16. The van der Waals surface area contributed by atoms with Gasteiger partial charge in [-0.2, -0.15) is 0 Å². The van der Waals surface area contributed by atoms with Crippen LogP contribution in [0, 0.1) is 5.92 Å². The lowest BCUT2D eigenvalue weighted by atomic mass is 9.91. The molecule has 1 heterocycles. The van der Waals surface area contributed by atoms with E-state index >= 15 is 0 Å². The molecular weight excluding hydrogens is 188 g/mol. The molecule has 2 atom stereocenters. The quantitative estimate of drug-likeness (QED) is 0.717. The molecule has 0 bridgehead atoms. The van der Waals surface area contributed by atoms with E-state index in [1.807, 2.05) is 23.2 Å². The second kappa shape index (κ2) is 4.75. The van der Waals surface area contributed by atoms with Crippen molar-refractivity contribution < 1.29 is 5.11 Å². The smallest absolute Gasteiger partial charge is 0.0490 e. The van der Waals surface area contributed by atoms with Crippen molar-refractivity contribution in [2.24, 2.45) is 11.8 Å². The van der Waals surface area contributed by atoms with Crippen LogP contribution in [-0.2, 0) is 0 Å². The fourth-order valence-electron chi connectivity index (χ4n) is 2.26. The van der Waals surface area contributed by atoms with Crippen LogP contribution < -0.4 is 5.84 Å². The van der Waals surface area contributed by atoms with Crippen LogP contribution in [0.4, 0.5) is 0 Å². The van der Waals surface area contributed by atoms with Crippen molar-refractivity contribution in [3.63, 3.8) is 0 Å². The van der Waals surface area contributed by atoms with Gasteiger partial charge in [-0.05, 0) is 24.3 Å². The summed E-state index contributed by atoms with van der Waals surface area (Å²) in [5.74, 6) is 6.34. The molecule has 0 aromatic heterocycles. The minimum atomic E-state index is 0.245. The zero-order valence-electron chi connectivity index (χ0n) is 8.84. The summed E-state index contributed by atoms with van der Waals surface area (Å²) in [6.45, 7) is 1.03. The molecule has 0 radical (unpaired) electrons. The first kappa shape index (κ1) is 10.6. The van der Waals surface area contributed by atoms with Crippen LogP contribution in [0.2, 0.25) is 0 Å². The number of nitrogens with zero attached hydrogens (tertiary/aromatic N) is 1. The molecule has 0 aliphatic carbocycles. The molecule has 1 saturated heterocycles. The summed E-state index contributed by atoms with van der Waals surface area (Å²) < 4.78 is 0. The lowest BCUT2D eigenvalue weighted by Gasteiger charge is -2.36. The van der Waals surface area contributed by atoms with Crippen molar-refractivity contribution in [2.75, 3.05) is 13.2 Å². The molecule has 3 N–H and O–H groups in total. The van der Waals surface area contributed by atoms with E-state index in [1.54, 1.807) is 0 Å². The van der Waals surface area contributed by atoms with Crippen molar-refractivity contribution in [2.45, 2.75) is 18.9 Å². The average molecular weight is 206 g/mol. The van der Waals surface area contributed by atoms with Crippen LogP contribution in [0.3, 0.4) is 0 Å². The van der Waals surface area contributed by atoms with Crippen LogP contribution in [0.5, 0.6) is 0 Å². The van der Waals surface area contributed by atoms with Crippen molar-refractivity contribution >= 4 is 0 Å². The summed E-state index contributed by atoms with van der Waals surface area (Å²) in [5, 5.41) is 10.9. The van der Waals surface area contributed by atoms with E-state index in [2.05, 4.69) is 12.1 Å². The van der Waals surface area contributed by atoms with Crippen LogP contribution in [0.25, 0.3) is 0 Å². The maximum atomic E-state index is 9.08. The van der Waals surface area contributed by atoms with Gasteiger partial charge in [0.2, 0.25) is 0 Å². The van der Waals surface area contributed by atoms with Crippen LogP contribution in [0.1, 0.15) is 24.4 Å². The Morgan fingerprint density at radius 2 is 2.00 bits per heavy atom. The molecule has 1 aliphatic rings. The van der Waals surface area contributed by atoms with Gasteiger partial charge in [0, 0.05) is 19.2 Å². The highest BCUT2D eigenvalue weighted by Gasteiger charge is 2.26. The Kier molecular flexibility index (Phi) is 3.36. The Morgan fingerprint density at radius 3 is 2.60 bits per heavy atom. The summed E-state index contributed by atoms with van der Waals surface area (Å²) in [4.78, 5) is 0. The summed E-state index contributed by atoms with van der Waals surface area (Å²) in [5.41, 5.74) is 1.27. The van der Waals surface area contributed by atoms with E-state index in [0.717, 1.165) is 19.4 Å². The Hall–Kier alpha value is -0.900. The first-order valence-electron chi connectivity index (χ1n) is 5.48. The predicted molar refractivity (Wildman–Crippen MR) is 59.9 cm³/mol. The molecule has 1 fully saturated rings. The number of hydrogen-bond acceptors (Lipinski definition) is 3. The molecule has 1 aromatic carbocycles. The van der Waals surface area contributed by atoms with E-state index in [-0.39, 0.29) is 6.61 Å². The lowest BCUT2D eigenvalue weighted by Crippen LogP contribution is -2.43. The fourth-order valence-corrected chi connectivity index (χ4v) is 2.26. The van der Waals surface area contributed by atoms with Crippen LogP contribution in [0.15, 0.2) is 30.3 Å². The minimum Gasteiger partial charge on any atom is -0.396 e. The van der Waals surface area contributed by atoms with Gasteiger partial charge in [0.25, 0.3) is 0 Å². The number of aliphatic hydroxyl groups excluding tert-OH is 1. The monoisotopic (exact) mass is 206 g/mol. The van der Waals surface area contributed by atoms with Gasteiger partial charge in [0.05, 0.1) is 0 Å². The SMILES string of the molecule is NN1CC(CO)CCC1c1ccccc1. The van der Waals surface area contributed by atoms with Gasteiger partial charge in [-0.1, -0.05) is 30.3 Å². The molecule has 1 aliphatic heterocycles. The number of benzene rings is 1. The molecule has 82 valence electrons. The molecule has 2 unspecified atom stereocenters. The zero-order valence-corrected chi connectivity index (χ0v) is 8.84. The topological polar surface area (TPSA) is 49.5 Å². The minimum absolute atomic E-state index is 0.245. The maximum Gasteiger partial charge on any atom is 0.0490 e. The predicted octanol–water partition coefficient (Wildman–Crippen LogP) is 1.31. The van der Waals surface area contributed by atoms with Gasteiger partial charge in [-0.15, -0.1) is 0 Å². The van der Waals surface area contributed by atoms with Gasteiger partial charge in [-0.3, -0.25) is 5.84 Å². The van der Waals surface area contributed by atoms with Crippen LogP contribution >= 0.6 is 0 Å². The molecule has 2 rings (SSSR count). The Balaban J connectivity index is 2.06. The Labute approximate surface area is 90.5 Å². The standard InChI is InChI=1S/C12H18N2O/c13-14-8-10(9-15)6-7-12(14)11-4-2-1-3-5-11/h1-5,10,12,15H,6-9,13H2. The number of piperidine rings is 1. The Morgan fingerprint density at radius 1 is 1.27 bits per heavy atom. The lowest BCUT2D eigenvalue weighted by molar-refractivity contribution is 0.0750. The normalized spacial score (nSPS) is 27.9. The highest BCUT2D eigenvalue weighted by atomic mass is 16.3. The summed E-state index contributed by atoms with van der Waals surface area (Å²) >= 11 is 0. The maximum absolute atomic E-state index is 9.08. The third kappa shape index (κ3) is 2.37. The number of rotatable bonds is 2. The Bertz CT molecular complexity index is 302. The fraction of sp³-hybridized carbons (Fsp3) is 0.500. The number of hydrogen-bond donors (Lipinski definition) is 2. The second-order valence-electron chi connectivity index (χ2n) is 4.25. The third-order valence-electron chi connectivity index (χ3n) is 3.16. The molecule has 3 nitrogen and oxygen atoms in total. The van der Waals surface area contributed by atoms with E-state index < -0.39 is 0 Å². The molecule has 3 heteroatoms. The molecule has 0 saturated carbocycles. The number of nitrogens with two attached hydrogens (primary N) is 1. The van der Waals surface area contributed by atoms with Gasteiger partial charge < -0.3 is 5.11 Å². The summed E-state index contributed by atoms with van der Waals surface area (Å²) in [6, 6.07) is 10.6. The van der Waals surface area contributed by atoms with E-state index in [9.17, 15) is 0 Å². The number of aliphatic hydroxyl groups is 1. The van der Waals surface area contributed by atoms with E-state index in [0.29, 0.717) is 12.0 Å². The molecule has 0 amide bonds. The van der Waals surface area contributed by atoms with Crippen molar-refractivity contribution in [3.05, 3.63) is 35.9 Å². The zero-order chi connectivity index (χ0) is 10.7. The molecule has 0 spiro atoms. The second-order valence-corrected chi connectivity index (χ2v) is 4.25. The van der Waals surface area contributed by atoms with Crippen molar-refractivity contribution in [3.8, 4) is 0 Å². The van der Waals surface area contributed by atoms with Gasteiger partial charge >= 0.3 is 0 Å². The van der Waals surface area contributed by atoms with E-state index in [4.69, 9.17) is 10.9 Å². The number of hydrazine groups is 1. The summed E-state index contributed by atoms with van der Waals surface area (Å²) in [7, 11) is 0. The molecule has 1 aromatic rings. The van der Waals surface area contributed by atoms with Crippen molar-refractivity contribution in [1.82, 2.24) is 5.01 Å². The first-order valence-corrected chi connectivity index (χ1v) is 5.48. The highest BCUT2D eigenvalue weighted by molar-refractivity contribution is 5.19. The average Bonchev–Trinajstić information content (AvgIpc) is 2.30. The van der Waals surface area contributed by atoms with Gasteiger partial charge in [0.15, 0.2) is 0 Å². The van der Waals surface area contributed by atoms with Gasteiger partial charge in [-0.25, -0.2) is 5.01 Å². The van der Waals surface area contributed by atoms with Crippen molar-refractivity contribution in [1.29, 1.82) is 0 Å². The first-order chi connectivity index (χ1) is 7.31. The molecular formula is C12H18N2O. The van der Waals surface area contributed by atoms with Crippen LogP contribution in [-0.4, -0.2) is 23.3 Å². The molecule has 15 heavy (non-hydrogen) atoms. The summed E-state index contributed by atoms with van der Waals surface area (Å²) in [6.07, 6.45) is 2.09. The largest absolute Gasteiger partial charge is 0.396 e. The van der Waals surface area contributed by atoms with Gasteiger partial charge in [0.1, 0.15) is 0 Å². The van der Waals surface area contributed by atoms with E-state index in [1.165, 1.54) is 5.56 Å². The highest BCUT2D eigenvalue weighted by Crippen LogP contribution is 2.30.